The molecule has 1 nitrogen and oxygen atoms in total. The zero-order valence-corrected chi connectivity index (χ0v) is 9.81. The molecular weight excluding hydrogens is 208 g/mol. The molecule has 0 heterocycles. The predicted molar refractivity (Wildman–Crippen MR) is 72.0 cm³/mol. The van der Waals surface area contributed by atoms with Gasteiger partial charge in [0, 0.05) is 5.56 Å². The van der Waals surface area contributed by atoms with Gasteiger partial charge in [-0.1, -0.05) is 61.2 Å². The maximum atomic E-state index is 11.2. The molecule has 0 aliphatic rings. The fourth-order valence-corrected chi connectivity index (χ4v) is 1.82. The van der Waals surface area contributed by atoms with Gasteiger partial charge in [-0.05, 0) is 23.6 Å². The second kappa shape index (κ2) is 4.79. The lowest BCUT2D eigenvalue weighted by molar-refractivity contribution is 0.101. The Labute approximate surface area is 101 Å². The van der Waals surface area contributed by atoms with Crippen LogP contribution < -0.4 is 0 Å². The van der Waals surface area contributed by atoms with E-state index >= 15 is 0 Å². The topological polar surface area (TPSA) is 17.1 Å². The van der Waals surface area contributed by atoms with Crippen molar-refractivity contribution in [2.24, 2.45) is 0 Å². The maximum absolute atomic E-state index is 11.2. The Balaban J connectivity index is 2.46. The largest absolute Gasteiger partial charge is 0.295 e. The molecule has 0 aromatic heterocycles. The van der Waals surface area contributed by atoms with E-state index in [4.69, 9.17) is 0 Å². The van der Waals surface area contributed by atoms with Gasteiger partial charge in [-0.15, -0.1) is 0 Å². The fourth-order valence-electron chi connectivity index (χ4n) is 1.82. The van der Waals surface area contributed by atoms with Crippen LogP contribution in [0, 0.1) is 0 Å². The zero-order chi connectivity index (χ0) is 12.3. The molecule has 2 rings (SSSR count). The smallest absolute Gasteiger partial charge is 0.159 e. The molecule has 0 aliphatic heterocycles. The highest BCUT2D eigenvalue weighted by Crippen LogP contribution is 2.24. The van der Waals surface area contributed by atoms with Crippen LogP contribution in [0.1, 0.15) is 22.8 Å². The van der Waals surface area contributed by atoms with Gasteiger partial charge in [0.05, 0.1) is 0 Å². The van der Waals surface area contributed by atoms with Crippen molar-refractivity contribution in [1.82, 2.24) is 0 Å². The first-order valence-corrected chi connectivity index (χ1v) is 5.55. The third-order valence-electron chi connectivity index (χ3n) is 2.78. The molecule has 0 unspecified atom stereocenters. The molecule has 2 aromatic carbocycles. The lowest BCUT2D eigenvalue weighted by atomic mass is 9.98. The van der Waals surface area contributed by atoms with E-state index < -0.39 is 0 Å². The van der Waals surface area contributed by atoms with Crippen molar-refractivity contribution in [3.63, 3.8) is 0 Å². The van der Waals surface area contributed by atoms with Crippen molar-refractivity contribution < 1.29 is 4.79 Å². The summed E-state index contributed by atoms with van der Waals surface area (Å²) in [5.41, 5.74) is 4.08. The normalized spacial score (nSPS) is 9.94. The second-order valence-electron chi connectivity index (χ2n) is 3.92. The molecule has 1 heteroatoms. The van der Waals surface area contributed by atoms with E-state index in [1.807, 2.05) is 48.5 Å². The molecule has 0 spiro atoms. The number of ketones is 1. The van der Waals surface area contributed by atoms with Crippen molar-refractivity contribution in [1.29, 1.82) is 0 Å². The summed E-state index contributed by atoms with van der Waals surface area (Å²) in [6.07, 6.45) is 1.84. The maximum Gasteiger partial charge on any atom is 0.159 e. The summed E-state index contributed by atoms with van der Waals surface area (Å²) < 4.78 is 0. The molecule has 84 valence electrons. The van der Waals surface area contributed by atoms with Crippen LogP contribution >= 0.6 is 0 Å². The van der Waals surface area contributed by atoms with Gasteiger partial charge in [0.15, 0.2) is 5.78 Å². The van der Waals surface area contributed by atoms with Crippen molar-refractivity contribution in [2.75, 3.05) is 0 Å². The van der Waals surface area contributed by atoms with Crippen LogP contribution in [-0.2, 0) is 0 Å². The van der Waals surface area contributed by atoms with E-state index in [1.54, 1.807) is 6.92 Å². The first-order chi connectivity index (χ1) is 8.22. The van der Waals surface area contributed by atoms with Crippen molar-refractivity contribution in [2.45, 2.75) is 6.92 Å². The molecule has 0 amide bonds. The number of rotatable bonds is 3. The highest BCUT2D eigenvalue weighted by molar-refractivity contribution is 5.94. The molecule has 0 aliphatic carbocycles. The van der Waals surface area contributed by atoms with Gasteiger partial charge < -0.3 is 0 Å². The molecule has 17 heavy (non-hydrogen) atoms. The van der Waals surface area contributed by atoms with Gasteiger partial charge in [-0.25, -0.2) is 0 Å². The number of carbonyl (C=O) groups excluding carboxylic acids is 1. The Morgan fingerprint density at radius 1 is 1.06 bits per heavy atom. The molecule has 0 saturated carbocycles. The molecular formula is C16H14O. The summed E-state index contributed by atoms with van der Waals surface area (Å²) in [5.74, 6) is 0.0913. The highest BCUT2D eigenvalue weighted by Gasteiger charge is 2.03. The molecule has 2 aromatic rings. The Morgan fingerprint density at radius 2 is 1.71 bits per heavy atom. The van der Waals surface area contributed by atoms with Crippen molar-refractivity contribution in [3.05, 3.63) is 66.2 Å². The standard InChI is InChI=1S/C16H14O/c1-3-13-6-4-5-7-16(13)15-10-8-14(9-11-15)12(2)17/h3-11H,1H2,2H3. The summed E-state index contributed by atoms with van der Waals surface area (Å²) >= 11 is 0. The van der Waals surface area contributed by atoms with E-state index in [9.17, 15) is 4.79 Å². The quantitative estimate of drug-likeness (QED) is 0.711. The highest BCUT2D eigenvalue weighted by atomic mass is 16.1. The van der Waals surface area contributed by atoms with E-state index in [-0.39, 0.29) is 5.78 Å². The number of carbonyl (C=O) groups is 1. The van der Waals surface area contributed by atoms with E-state index in [1.165, 1.54) is 0 Å². The van der Waals surface area contributed by atoms with Crippen LogP contribution in [0.25, 0.3) is 17.2 Å². The van der Waals surface area contributed by atoms with Crippen LogP contribution in [0.3, 0.4) is 0 Å². The van der Waals surface area contributed by atoms with Crippen molar-refractivity contribution >= 4 is 11.9 Å². The van der Waals surface area contributed by atoms with Gasteiger partial charge >= 0.3 is 0 Å². The summed E-state index contributed by atoms with van der Waals surface area (Å²) in [7, 11) is 0. The number of benzene rings is 2. The summed E-state index contributed by atoms with van der Waals surface area (Å²) in [4.78, 5) is 11.2. The van der Waals surface area contributed by atoms with E-state index in [0.29, 0.717) is 0 Å². The first kappa shape index (κ1) is 11.3. The SMILES string of the molecule is C=Cc1ccccc1-c1ccc(C(C)=O)cc1. The van der Waals surface area contributed by atoms with Crippen LogP contribution in [0.15, 0.2) is 55.1 Å². The third-order valence-corrected chi connectivity index (χ3v) is 2.78. The van der Waals surface area contributed by atoms with Crippen LogP contribution in [0.2, 0.25) is 0 Å². The fraction of sp³-hybridized carbons (Fsp3) is 0.0625. The molecule has 0 N–H and O–H groups in total. The van der Waals surface area contributed by atoms with Gasteiger partial charge in [0.25, 0.3) is 0 Å². The lowest BCUT2D eigenvalue weighted by Gasteiger charge is -2.06. The minimum atomic E-state index is 0.0913. The molecule has 0 atom stereocenters. The number of hydrogen-bond donors (Lipinski definition) is 0. The zero-order valence-electron chi connectivity index (χ0n) is 9.81. The minimum absolute atomic E-state index is 0.0913. The molecule has 0 bridgehead atoms. The Kier molecular flexibility index (Phi) is 3.20. The predicted octanol–water partition coefficient (Wildman–Crippen LogP) is 4.20. The van der Waals surface area contributed by atoms with Gasteiger partial charge in [-0.2, -0.15) is 0 Å². The molecule has 0 saturated heterocycles. The van der Waals surface area contributed by atoms with Crippen LogP contribution in [0.4, 0.5) is 0 Å². The second-order valence-corrected chi connectivity index (χ2v) is 3.92. The third kappa shape index (κ3) is 2.34. The van der Waals surface area contributed by atoms with E-state index in [0.717, 1.165) is 22.3 Å². The molecule has 0 radical (unpaired) electrons. The van der Waals surface area contributed by atoms with Gasteiger partial charge in [0.1, 0.15) is 0 Å². The summed E-state index contributed by atoms with van der Waals surface area (Å²) in [6.45, 7) is 5.38. The first-order valence-electron chi connectivity index (χ1n) is 5.55. The van der Waals surface area contributed by atoms with Crippen LogP contribution in [-0.4, -0.2) is 5.78 Å². The summed E-state index contributed by atoms with van der Waals surface area (Å²) in [5, 5.41) is 0. The summed E-state index contributed by atoms with van der Waals surface area (Å²) in [6, 6.07) is 15.7. The monoisotopic (exact) mass is 222 g/mol. The van der Waals surface area contributed by atoms with Crippen molar-refractivity contribution in [3.8, 4) is 11.1 Å². The Hall–Kier alpha value is -2.15. The van der Waals surface area contributed by atoms with Gasteiger partial charge in [0.2, 0.25) is 0 Å². The Morgan fingerprint density at radius 3 is 2.29 bits per heavy atom. The average molecular weight is 222 g/mol. The minimum Gasteiger partial charge on any atom is -0.295 e. The average Bonchev–Trinajstić information content (AvgIpc) is 2.39. The van der Waals surface area contributed by atoms with Gasteiger partial charge in [-0.3, -0.25) is 4.79 Å². The lowest BCUT2D eigenvalue weighted by Crippen LogP contribution is -1.91. The van der Waals surface area contributed by atoms with E-state index in [2.05, 4.69) is 12.6 Å². The van der Waals surface area contributed by atoms with Crippen LogP contribution in [0.5, 0.6) is 0 Å². The number of Topliss-reactive ketones (excluding diaryl/α,β-unsaturated/α-hetero) is 1. The Bertz CT molecular complexity index is 550. The molecule has 0 fully saturated rings. The number of hydrogen-bond acceptors (Lipinski definition) is 1.